The number of nitrogens with one attached hydrogen (secondary N) is 1. The predicted octanol–water partition coefficient (Wildman–Crippen LogP) is 1.41. The van der Waals surface area contributed by atoms with Crippen molar-refractivity contribution in [3.63, 3.8) is 0 Å². The normalized spacial score (nSPS) is 14.9. The number of rotatable bonds is 4. The van der Waals surface area contributed by atoms with Gasteiger partial charge in [0.25, 0.3) is 0 Å². The maximum atomic E-state index is 5.74. The number of nitrogens with zero attached hydrogens (tertiary/aromatic N) is 2. The second kappa shape index (κ2) is 5.26. The first-order chi connectivity index (χ1) is 9.67. The molecule has 1 aromatic heterocycles. The van der Waals surface area contributed by atoms with E-state index in [1.165, 1.54) is 16.8 Å². The SMILES string of the molecule is Cc1cc(CC(NN)c2ccc3c(c2)CCO3)n(C)n1. The van der Waals surface area contributed by atoms with Crippen molar-refractivity contribution in [3.8, 4) is 5.75 Å². The molecule has 0 fully saturated rings. The molecule has 0 bridgehead atoms. The zero-order valence-corrected chi connectivity index (χ0v) is 11.9. The Bertz CT molecular complexity index is 620. The Morgan fingerprint density at radius 1 is 1.45 bits per heavy atom. The fourth-order valence-corrected chi connectivity index (χ4v) is 2.76. The number of hydrogen-bond donors (Lipinski definition) is 2. The number of aryl methyl sites for hydroxylation is 2. The van der Waals surface area contributed by atoms with Crippen LogP contribution in [0.1, 0.15) is 28.6 Å². The standard InChI is InChI=1S/C15H20N4O/c1-10-7-13(19(2)18-10)9-14(17-16)11-3-4-15-12(8-11)5-6-20-15/h3-4,7-8,14,17H,5-6,9,16H2,1-2H3. The van der Waals surface area contributed by atoms with Crippen molar-refractivity contribution in [2.75, 3.05) is 6.61 Å². The van der Waals surface area contributed by atoms with Gasteiger partial charge in [-0.2, -0.15) is 5.10 Å². The summed E-state index contributed by atoms with van der Waals surface area (Å²) in [7, 11) is 1.96. The number of ether oxygens (including phenoxy) is 1. The number of aromatic nitrogens is 2. The van der Waals surface area contributed by atoms with Gasteiger partial charge in [-0.05, 0) is 30.2 Å². The van der Waals surface area contributed by atoms with Crippen LogP contribution in [0.5, 0.6) is 5.75 Å². The van der Waals surface area contributed by atoms with Crippen LogP contribution in [-0.4, -0.2) is 16.4 Å². The van der Waals surface area contributed by atoms with Gasteiger partial charge in [-0.1, -0.05) is 12.1 Å². The quantitative estimate of drug-likeness (QED) is 0.652. The smallest absolute Gasteiger partial charge is 0.122 e. The van der Waals surface area contributed by atoms with Gasteiger partial charge in [-0.3, -0.25) is 16.0 Å². The largest absolute Gasteiger partial charge is 0.493 e. The summed E-state index contributed by atoms with van der Waals surface area (Å²) in [5.74, 6) is 6.74. The van der Waals surface area contributed by atoms with Gasteiger partial charge in [0.05, 0.1) is 18.3 Å². The predicted molar refractivity (Wildman–Crippen MR) is 77.4 cm³/mol. The fourth-order valence-electron chi connectivity index (χ4n) is 2.76. The van der Waals surface area contributed by atoms with E-state index >= 15 is 0 Å². The van der Waals surface area contributed by atoms with E-state index in [0.29, 0.717) is 0 Å². The number of hydrazine groups is 1. The van der Waals surface area contributed by atoms with Crippen LogP contribution in [0.3, 0.4) is 0 Å². The summed E-state index contributed by atoms with van der Waals surface area (Å²) in [5, 5.41) is 4.38. The lowest BCUT2D eigenvalue weighted by molar-refractivity contribution is 0.356. The number of hydrogen-bond acceptors (Lipinski definition) is 4. The first kappa shape index (κ1) is 13.1. The first-order valence-electron chi connectivity index (χ1n) is 6.88. The van der Waals surface area contributed by atoms with E-state index in [-0.39, 0.29) is 6.04 Å². The van der Waals surface area contributed by atoms with E-state index in [2.05, 4.69) is 28.7 Å². The molecule has 1 aromatic carbocycles. The molecule has 3 rings (SSSR count). The van der Waals surface area contributed by atoms with Crippen molar-refractivity contribution >= 4 is 0 Å². The maximum Gasteiger partial charge on any atom is 0.122 e. The fraction of sp³-hybridized carbons (Fsp3) is 0.400. The monoisotopic (exact) mass is 272 g/mol. The zero-order valence-electron chi connectivity index (χ0n) is 11.9. The van der Waals surface area contributed by atoms with E-state index < -0.39 is 0 Å². The molecule has 5 heteroatoms. The highest BCUT2D eigenvalue weighted by Gasteiger charge is 2.18. The molecule has 1 unspecified atom stereocenters. The van der Waals surface area contributed by atoms with Crippen LogP contribution in [0.15, 0.2) is 24.3 Å². The van der Waals surface area contributed by atoms with Crippen molar-refractivity contribution in [3.05, 3.63) is 46.8 Å². The average Bonchev–Trinajstić information content (AvgIpc) is 3.01. The minimum absolute atomic E-state index is 0.0794. The van der Waals surface area contributed by atoms with Gasteiger partial charge in [-0.15, -0.1) is 0 Å². The molecule has 3 N–H and O–H groups in total. The molecule has 0 aliphatic carbocycles. The molecule has 5 nitrogen and oxygen atoms in total. The molecule has 0 radical (unpaired) electrons. The van der Waals surface area contributed by atoms with Crippen molar-refractivity contribution in [2.24, 2.45) is 12.9 Å². The zero-order chi connectivity index (χ0) is 14.1. The highest BCUT2D eigenvalue weighted by atomic mass is 16.5. The van der Waals surface area contributed by atoms with E-state index in [9.17, 15) is 0 Å². The van der Waals surface area contributed by atoms with Gasteiger partial charge < -0.3 is 4.74 Å². The van der Waals surface area contributed by atoms with Crippen LogP contribution >= 0.6 is 0 Å². The number of fused-ring (bicyclic) bond motifs is 1. The molecule has 1 aliphatic heterocycles. The molecule has 0 amide bonds. The van der Waals surface area contributed by atoms with E-state index in [1.807, 2.05) is 24.7 Å². The van der Waals surface area contributed by atoms with E-state index in [0.717, 1.165) is 30.9 Å². The van der Waals surface area contributed by atoms with Crippen molar-refractivity contribution in [1.29, 1.82) is 0 Å². The van der Waals surface area contributed by atoms with Crippen molar-refractivity contribution < 1.29 is 4.74 Å². The minimum atomic E-state index is 0.0794. The first-order valence-corrected chi connectivity index (χ1v) is 6.88. The molecule has 0 saturated carbocycles. The van der Waals surface area contributed by atoms with Gasteiger partial charge in [0, 0.05) is 25.6 Å². The third kappa shape index (κ3) is 2.42. The van der Waals surface area contributed by atoms with Crippen LogP contribution in [-0.2, 0) is 19.9 Å². The Labute approximate surface area is 118 Å². The van der Waals surface area contributed by atoms with E-state index in [4.69, 9.17) is 10.6 Å². The maximum absolute atomic E-state index is 5.74. The van der Waals surface area contributed by atoms with Crippen molar-refractivity contribution in [2.45, 2.75) is 25.8 Å². The third-order valence-corrected chi connectivity index (χ3v) is 3.83. The van der Waals surface area contributed by atoms with Gasteiger partial charge >= 0.3 is 0 Å². The lowest BCUT2D eigenvalue weighted by atomic mass is 9.99. The summed E-state index contributed by atoms with van der Waals surface area (Å²) in [6.45, 7) is 2.78. The Balaban J connectivity index is 1.84. The lowest BCUT2D eigenvalue weighted by Gasteiger charge is -2.17. The van der Waals surface area contributed by atoms with Crippen LogP contribution in [0.2, 0.25) is 0 Å². The Hall–Kier alpha value is -1.85. The molecule has 1 atom stereocenters. The van der Waals surface area contributed by atoms with Gasteiger partial charge in [0.1, 0.15) is 5.75 Å². The van der Waals surface area contributed by atoms with Gasteiger partial charge in [0.2, 0.25) is 0 Å². The highest BCUT2D eigenvalue weighted by molar-refractivity contribution is 5.41. The molecule has 2 aromatic rings. The lowest BCUT2D eigenvalue weighted by Crippen LogP contribution is -2.30. The second-order valence-corrected chi connectivity index (χ2v) is 5.29. The van der Waals surface area contributed by atoms with E-state index in [1.54, 1.807) is 0 Å². The summed E-state index contributed by atoms with van der Waals surface area (Å²) in [6.07, 6.45) is 1.79. The van der Waals surface area contributed by atoms with Crippen LogP contribution < -0.4 is 16.0 Å². The van der Waals surface area contributed by atoms with Crippen LogP contribution in [0.4, 0.5) is 0 Å². The Kier molecular flexibility index (Phi) is 3.46. The van der Waals surface area contributed by atoms with Gasteiger partial charge in [0.15, 0.2) is 0 Å². The molecule has 1 aliphatic rings. The summed E-state index contributed by atoms with van der Waals surface area (Å²) in [5.41, 5.74) is 7.57. The molecule has 0 saturated heterocycles. The summed E-state index contributed by atoms with van der Waals surface area (Å²) < 4.78 is 7.45. The van der Waals surface area contributed by atoms with Crippen molar-refractivity contribution in [1.82, 2.24) is 15.2 Å². The van der Waals surface area contributed by atoms with Crippen LogP contribution in [0, 0.1) is 6.92 Å². The summed E-state index contributed by atoms with van der Waals surface area (Å²) in [4.78, 5) is 0. The minimum Gasteiger partial charge on any atom is -0.493 e. The molecule has 0 spiro atoms. The topological polar surface area (TPSA) is 65.1 Å². The highest BCUT2D eigenvalue weighted by Crippen LogP contribution is 2.29. The molecule has 20 heavy (non-hydrogen) atoms. The molecule has 106 valence electrons. The van der Waals surface area contributed by atoms with Crippen LogP contribution in [0.25, 0.3) is 0 Å². The average molecular weight is 272 g/mol. The summed E-state index contributed by atoms with van der Waals surface area (Å²) in [6, 6.07) is 8.49. The second-order valence-electron chi connectivity index (χ2n) is 5.29. The number of nitrogens with two attached hydrogens (primary N) is 1. The Morgan fingerprint density at radius 3 is 3.00 bits per heavy atom. The number of benzene rings is 1. The summed E-state index contributed by atoms with van der Waals surface area (Å²) >= 11 is 0. The molecule has 2 heterocycles. The molecular formula is C15H20N4O. The molecular weight excluding hydrogens is 252 g/mol. The van der Waals surface area contributed by atoms with Gasteiger partial charge in [-0.25, -0.2) is 0 Å². The third-order valence-electron chi connectivity index (χ3n) is 3.83. The Morgan fingerprint density at radius 2 is 2.30 bits per heavy atom.